The molecule has 1 unspecified atom stereocenters. The van der Waals surface area contributed by atoms with Gasteiger partial charge in [0.15, 0.2) is 0 Å². The van der Waals surface area contributed by atoms with E-state index in [0.29, 0.717) is 10.0 Å². The van der Waals surface area contributed by atoms with Gasteiger partial charge in [-0.3, -0.25) is 0 Å². The van der Waals surface area contributed by atoms with E-state index in [-0.39, 0.29) is 11.1 Å². The summed E-state index contributed by atoms with van der Waals surface area (Å²) in [5, 5.41) is 2.85. The van der Waals surface area contributed by atoms with Crippen LogP contribution < -0.4 is 5.32 Å². The van der Waals surface area contributed by atoms with Gasteiger partial charge >= 0.3 is 6.18 Å². The van der Waals surface area contributed by atoms with E-state index in [0.717, 1.165) is 24.5 Å². The molecule has 1 atom stereocenters. The molecular formula is C14H10Cl2F3NS. The van der Waals surface area contributed by atoms with Gasteiger partial charge in [-0.25, -0.2) is 0 Å². The highest BCUT2D eigenvalue weighted by Gasteiger charge is 2.34. The summed E-state index contributed by atoms with van der Waals surface area (Å²) in [6.45, 7) is 0. The van der Waals surface area contributed by atoms with E-state index in [1.165, 1.54) is 22.3 Å². The zero-order chi connectivity index (χ0) is 15.2. The van der Waals surface area contributed by atoms with Gasteiger partial charge < -0.3 is 5.32 Å². The number of alkyl halides is 3. The van der Waals surface area contributed by atoms with Crippen LogP contribution in [0.3, 0.4) is 0 Å². The summed E-state index contributed by atoms with van der Waals surface area (Å²) in [6, 6.07) is 5.75. The normalized spacial score (nSPS) is 17.9. The average Bonchev–Trinajstić information content (AvgIpc) is 2.91. The quantitative estimate of drug-likeness (QED) is 0.681. The number of halogens is 5. The fourth-order valence-corrected chi connectivity index (χ4v) is 4.10. The highest BCUT2D eigenvalue weighted by Crippen LogP contribution is 2.42. The summed E-state index contributed by atoms with van der Waals surface area (Å²) in [5.74, 6) is 0. The second kappa shape index (κ2) is 5.38. The summed E-state index contributed by atoms with van der Waals surface area (Å²) in [7, 11) is 0. The maximum Gasteiger partial charge on any atom is 0.417 e. The van der Waals surface area contributed by atoms with E-state index in [2.05, 4.69) is 5.32 Å². The van der Waals surface area contributed by atoms with Crippen molar-refractivity contribution in [1.29, 1.82) is 0 Å². The number of benzene rings is 1. The molecular weight excluding hydrogens is 342 g/mol. The first-order chi connectivity index (χ1) is 9.84. The highest BCUT2D eigenvalue weighted by atomic mass is 35.5. The summed E-state index contributed by atoms with van der Waals surface area (Å²) < 4.78 is 39.3. The lowest BCUT2D eigenvalue weighted by molar-refractivity contribution is -0.137. The third-order valence-electron chi connectivity index (χ3n) is 3.46. The molecule has 1 N–H and O–H groups in total. The van der Waals surface area contributed by atoms with Crippen molar-refractivity contribution in [2.24, 2.45) is 0 Å². The molecule has 0 radical (unpaired) electrons. The van der Waals surface area contributed by atoms with Gasteiger partial charge in [0.05, 0.1) is 21.0 Å². The first-order valence-corrected chi connectivity index (χ1v) is 7.83. The number of aryl methyl sites for hydroxylation is 1. The molecule has 21 heavy (non-hydrogen) atoms. The van der Waals surface area contributed by atoms with Gasteiger partial charge in [-0.1, -0.05) is 23.2 Å². The lowest BCUT2D eigenvalue weighted by atomic mass is 10.1. The molecule has 0 amide bonds. The Hall–Kier alpha value is -0.910. The predicted molar refractivity (Wildman–Crippen MR) is 80.5 cm³/mol. The summed E-state index contributed by atoms with van der Waals surface area (Å²) >= 11 is 13.1. The number of fused-ring (bicyclic) bond motifs is 1. The molecule has 1 heterocycles. The zero-order valence-electron chi connectivity index (χ0n) is 10.6. The van der Waals surface area contributed by atoms with Crippen molar-refractivity contribution in [3.05, 3.63) is 49.6 Å². The first kappa shape index (κ1) is 15.0. The summed E-state index contributed by atoms with van der Waals surface area (Å²) in [5.41, 5.74) is 0.663. The second-order valence-corrected chi connectivity index (χ2v) is 7.03. The van der Waals surface area contributed by atoms with Crippen LogP contribution in [0.5, 0.6) is 0 Å². The van der Waals surface area contributed by atoms with E-state index >= 15 is 0 Å². The van der Waals surface area contributed by atoms with Crippen molar-refractivity contribution in [3.8, 4) is 0 Å². The fourth-order valence-electron chi connectivity index (χ4n) is 2.51. The van der Waals surface area contributed by atoms with Gasteiger partial charge in [0, 0.05) is 10.6 Å². The molecule has 0 aliphatic heterocycles. The molecule has 0 saturated carbocycles. The van der Waals surface area contributed by atoms with Crippen LogP contribution in [-0.4, -0.2) is 0 Å². The van der Waals surface area contributed by atoms with Crippen LogP contribution >= 0.6 is 34.5 Å². The van der Waals surface area contributed by atoms with Gasteiger partial charge in [-0.05, 0) is 42.7 Å². The van der Waals surface area contributed by atoms with E-state index in [9.17, 15) is 13.2 Å². The molecule has 1 aromatic heterocycles. The topological polar surface area (TPSA) is 12.0 Å². The first-order valence-electron chi connectivity index (χ1n) is 6.26. The molecule has 0 bridgehead atoms. The lowest BCUT2D eigenvalue weighted by Gasteiger charge is -2.17. The minimum absolute atomic E-state index is 0.00832. The Balaban J connectivity index is 1.86. The van der Waals surface area contributed by atoms with Gasteiger partial charge in [-0.15, -0.1) is 11.3 Å². The Bertz CT molecular complexity index is 681. The van der Waals surface area contributed by atoms with Crippen molar-refractivity contribution in [2.75, 3.05) is 5.32 Å². The van der Waals surface area contributed by atoms with E-state index < -0.39 is 11.7 Å². The summed E-state index contributed by atoms with van der Waals surface area (Å²) in [6.07, 6.45) is -2.71. The number of thiophene rings is 1. The van der Waals surface area contributed by atoms with E-state index in [4.69, 9.17) is 23.2 Å². The minimum atomic E-state index is -4.46. The van der Waals surface area contributed by atoms with Gasteiger partial charge in [0.2, 0.25) is 0 Å². The third kappa shape index (κ3) is 3.00. The molecule has 2 aromatic rings. The molecule has 1 nitrogen and oxygen atoms in total. The lowest BCUT2D eigenvalue weighted by Crippen LogP contribution is -2.10. The van der Waals surface area contributed by atoms with Crippen molar-refractivity contribution in [1.82, 2.24) is 0 Å². The maximum absolute atomic E-state index is 12.9. The van der Waals surface area contributed by atoms with Gasteiger partial charge in [0.1, 0.15) is 0 Å². The zero-order valence-corrected chi connectivity index (χ0v) is 12.9. The maximum atomic E-state index is 12.9. The number of rotatable bonds is 2. The molecule has 3 rings (SSSR count). The predicted octanol–water partition coefficient (Wildman–Crippen LogP) is 6.17. The van der Waals surface area contributed by atoms with Crippen LogP contribution in [0.2, 0.25) is 9.36 Å². The Labute approximate surface area is 133 Å². The number of hydrogen-bond acceptors (Lipinski definition) is 2. The Morgan fingerprint density at radius 3 is 2.67 bits per heavy atom. The average molecular weight is 352 g/mol. The molecule has 1 aromatic carbocycles. The van der Waals surface area contributed by atoms with Crippen LogP contribution in [0.15, 0.2) is 24.3 Å². The van der Waals surface area contributed by atoms with Crippen LogP contribution in [0.4, 0.5) is 18.9 Å². The smallest absolute Gasteiger partial charge is 0.378 e. The van der Waals surface area contributed by atoms with Crippen molar-refractivity contribution in [2.45, 2.75) is 25.1 Å². The standard InChI is InChI=1S/C14H10Cl2F3NS/c15-10-2-1-7(5-9(10)14(17,18)19)20-11-3-4-12-8(11)6-13(16)21-12/h1-2,5-6,11,20H,3-4H2. The van der Waals surface area contributed by atoms with Crippen molar-refractivity contribution >= 4 is 40.2 Å². The minimum Gasteiger partial charge on any atom is -0.378 e. The monoisotopic (exact) mass is 351 g/mol. The number of anilines is 1. The van der Waals surface area contributed by atoms with Crippen molar-refractivity contribution in [3.63, 3.8) is 0 Å². The van der Waals surface area contributed by atoms with Crippen LogP contribution in [0, 0.1) is 0 Å². The largest absolute Gasteiger partial charge is 0.417 e. The Kier molecular flexibility index (Phi) is 3.84. The van der Waals surface area contributed by atoms with Crippen LogP contribution in [-0.2, 0) is 12.6 Å². The van der Waals surface area contributed by atoms with Gasteiger partial charge in [0.25, 0.3) is 0 Å². The van der Waals surface area contributed by atoms with E-state index in [1.54, 1.807) is 6.07 Å². The molecule has 112 valence electrons. The molecule has 0 spiro atoms. The molecule has 7 heteroatoms. The molecule has 0 fully saturated rings. The second-order valence-electron chi connectivity index (χ2n) is 4.86. The van der Waals surface area contributed by atoms with Gasteiger partial charge in [-0.2, -0.15) is 13.2 Å². The molecule has 1 aliphatic carbocycles. The SMILES string of the molecule is FC(F)(F)c1cc(NC2CCc3sc(Cl)cc32)ccc1Cl. The Morgan fingerprint density at radius 2 is 1.95 bits per heavy atom. The molecule has 1 aliphatic rings. The molecule has 0 saturated heterocycles. The van der Waals surface area contributed by atoms with Crippen molar-refractivity contribution < 1.29 is 13.2 Å². The fraction of sp³-hybridized carbons (Fsp3) is 0.286. The van der Waals surface area contributed by atoms with Crippen LogP contribution in [0.25, 0.3) is 0 Å². The summed E-state index contributed by atoms with van der Waals surface area (Å²) in [4.78, 5) is 1.20. The Morgan fingerprint density at radius 1 is 1.19 bits per heavy atom. The highest BCUT2D eigenvalue weighted by molar-refractivity contribution is 7.16. The number of hydrogen-bond donors (Lipinski definition) is 1. The van der Waals surface area contributed by atoms with Crippen LogP contribution in [0.1, 0.15) is 28.5 Å². The van der Waals surface area contributed by atoms with E-state index in [1.807, 2.05) is 6.07 Å². The number of nitrogens with one attached hydrogen (secondary N) is 1. The third-order valence-corrected chi connectivity index (χ3v) is 5.13.